The van der Waals surface area contributed by atoms with Gasteiger partial charge in [0, 0.05) is 33.9 Å². The van der Waals surface area contributed by atoms with Gasteiger partial charge in [-0.25, -0.2) is 0 Å². The van der Waals surface area contributed by atoms with Crippen molar-refractivity contribution in [1.29, 1.82) is 0 Å². The second kappa shape index (κ2) is 11.0. The number of aromatic nitrogens is 1. The Labute approximate surface area is 270 Å². The Kier molecular flexibility index (Phi) is 6.83. The van der Waals surface area contributed by atoms with Crippen LogP contribution in [0, 0.1) is 39.7 Å². The second-order valence-corrected chi connectivity index (χ2v) is 14.2. The lowest BCUT2D eigenvalue weighted by atomic mass is 9.68. The number of nitrogens with one attached hydrogen (secondary N) is 2. The van der Waals surface area contributed by atoms with Crippen LogP contribution in [0.4, 0.5) is 17.1 Å². The van der Waals surface area contributed by atoms with Crippen molar-refractivity contribution in [2.75, 3.05) is 16.8 Å². The normalized spacial score (nSPS) is 27.2. The summed E-state index contributed by atoms with van der Waals surface area (Å²) in [5.74, 6) is -1.47. The Bertz CT molecular complexity index is 1940. The first-order valence-corrected chi connectivity index (χ1v) is 16.6. The Morgan fingerprint density at radius 1 is 0.957 bits per heavy atom. The minimum absolute atomic E-state index is 0.0205. The van der Waals surface area contributed by atoms with Crippen molar-refractivity contribution >= 4 is 57.9 Å². The number of hydrogen-bond acceptors (Lipinski definition) is 9. The molecule has 4 aliphatic rings. The molecular formula is C33H26N4O7S2. The number of imide groups is 1. The van der Waals surface area contributed by atoms with E-state index in [9.17, 15) is 29.3 Å². The first-order valence-electron chi connectivity index (χ1n) is 14.9. The number of carbonyl (C=O) groups is 3. The molecule has 2 aliphatic heterocycles. The highest BCUT2D eigenvalue weighted by atomic mass is 32.2. The fraction of sp³-hybridized carbons (Fsp3) is 0.273. The highest BCUT2D eigenvalue weighted by molar-refractivity contribution is 8.00. The molecule has 0 unspecified atom stereocenters. The number of nitrogens with zero attached hydrogens (tertiary/aromatic N) is 2. The zero-order valence-electron chi connectivity index (χ0n) is 24.0. The highest BCUT2D eigenvalue weighted by Gasteiger charge is 2.69. The van der Waals surface area contributed by atoms with Crippen molar-refractivity contribution in [2.24, 2.45) is 29.6 Å². The lowest BCUT2D eigenvalue weighted by Gasteiger charge is -2.43. The van der Waals surface area contributed by atoms with Crippen molar-refractivity contribution < 1.29 is 24.0 Å². The molecule has 46 heavy (non-hydrogen) atoms. The van der Waals surface area contributed by atoms with Gasteiger partial charge in [0.25, 0.3) is 11.6 Å². The van der Waals surface area contributed by atoms with Gasteiger partial charge >= 0.3 is 4.87 Å². The molecule has 2 N–H and O–H groups in total. The number of rotatable bonds is 7. The number of para-hydroxylation sites is 1. The number of nitro groups is 1. The maximum Gasteiger partial charge on any atom is 0.305 e. The molecule has 3 fully saturated rings. The van der Waals surface area contributed by atoms with E-state index < -0.39 is 16.8 Å². The third-order valence-electron chi connectivity index (χ3n) is 9.71. The van der Waals surface area contributed by atoms with Crippen LogP contribution in [0.3, 0.4) is 0 Å². The lowest BCUT2D eigenvalue weighted by molar-refractivity contribution is -0.384. The third-order valence-corrected chi connectivity index (χ3v) is 12.3. The fourth-order valence-corrected chi connectivity index (χ4v) is 10.9. The largest absolute Gasteiger partial charge is 0.484 e. The van der Waals surface area contributed by atoms with Gasteiger partial charge in [-0.2, -0.15) is 0 Å². The van der Waals surface area contributed by atoms with Crippen LogP contribution in [0.5, 0.6) is 5.75 Å². The zero-order chi connectivity index (χ0) is 31.7. The van der Waals surface area contributed by atoms with E-state index in [0.29, 0.717) is 17.1 Å². The Morgan fingerprint density at radius 2 is 1.65 bits per heavy atom. The average Bonchev–Trinajstić information content (AvgIpc) is 3.79. The summed E-state index contributed by atoms with van der Waals surface area (Å²) < 4.78 is 5.75. The minimum Gasteiger partial charge on any atom is -0.484 e. The van der Waals surface area contributed by atoms with E-state index in [1.54, 1.807) is 23.9 Å². The van der Waals surface area contributed by atoms with Crippen LogP contribution in [0.2, 0.25) is 0 Å². The van der Waals surface area contributed by atoms with Crippen molar-refractivity contribution in [1.82, 2.24) is 4.98 Å². The summed E-state index contributed by atoms with van der Waals surface area (Å²) in [7, 11) is 0. The van der Waals surface area contributed by atoms with Crippen molar-refractivity contribution in [3.05, 3.63) is 109 Å². The number of thioether (sulfide) groups is 1. The van der Waals surface area contributed by atoms with Crippen molar-refractivity contribution in [3.8, 4) is 5.75 Å². The molecule has 1 aromatic heterocycles. The zero-order valence-corrected chi connectivity index (χ0v) is 25.7. The molecule has 0 radical (unpaired) electrons. The Morgan fingerprint density at radius 3 is 2.35 bits per heavy atom. The number of fused-ring (bicyclic) bond motifs is 9. The molecule has 3 aromatic carbocycles. The molecule has 3 heterocycles. The number of thiazole rings is 1. The number of hydrogen-bond donors (Lipinski definition) is 2. The molecule has 4 aromatic rings. The molecule has 3 amide bonds. The molecule has 0 spiro atoms. The van der Waals surface area contributed by atoms with Crippen molar-refractivity contribution in [3.63, 3.8) is 0 Å². The number of carbonyl (C=O) groups excluding carboxylic acids is 3. The molecule has 1 saturated heterocycles. The van der Waals surface area contributed by atoms with Gasteiger partial charge in [-0.15, -0.1) is 11.8 Å². The topological polar surface area (TPSA) is 152 Å². The van der Waals surface area contributed by atoms with Crippen LogP contribution in [0.1, 0.15) is 22.8 Å². The number of aromatic amines is 1. The summed E-state index contributed by atoms with van der Waals surface area (Å²) in [6, 6.07) is 22.2. The van der Waals surface area contributed by atoms with Crippen LogP contribution in [0.25, 0.3) is 0 Å². The fourth-order valence-electron chi connectivity index (χ4n) is 8.01. The molecule has 2 saturated carbocycles. The molecule has 2 aliphatic carbocycles. The number of benzene rings is 3. The van der Waals surface area contributed by atoms with E-state index in [0.717, 1.165) is 21.9 Å². The van der Waals surface area contributed by atoms with Crippen LogP contribution in [0.15, 0.2) is 88.7 Å². The molecule has 13 heteroatoms. The number of nitro benzene ring substituents is 1. The first-order chi connectivity index (χ1) is 22.3. The van der Waals surface area contributed by atoms with Gasteiger partial charge in [0.2, 0.25) is 11.8 Å². The summed E-state index contributed by atoms with van der Waals surface area (Å²) in [5, 5.41) is 14.8. The predicted molar refractivity (Wildman–Crippen MR) is 171 cm³/mol. The molecule has 232 valence electrons. The van der Waals surface area contributed by atoms with Gasteiger partial charge in [0.15, 0.2) is 6.61 Å². The number of non-ortho nitro benzene ring substituents is 1. The van der Waals surface area contributed by atoms with E-state index in [4.69, 9.17) is 4.74 Å². The van der Waals surface area contributed by atoms with Gasteiger partial charge in [-0.05, 0) is 66.1 Å². The van der Waals surface area contributed by atoms with E-state index >= 15 is 0 Å². The summed E-state index contributed by atoms with van der Waals surface area (Å²) in [4.78, 5) is 68.3. The van der Waals surface area contributed by atoms with Crippen molar-refractivity contribution in [2.45, 2.75) is 22.6 Å². The summed E-state index contributed by atoms with van der Waals surface area (Å²) in [6.45, 7) is -0.156. The molecular weight excluding hydrogens is 629 g/mol. The molecule has 11 nitrogen and oxygen atoms in total. The molecule has 7 atom stereocenters. The van der Waals surface area contributed by atoms with E-state index in [1.165, 1.54) is 40.5 Å². The van der Waals surface area contributed by atoms with Gasteiger partial charge < -0.3 is 15.0 Å². The number of H-pyrrole nitrogens is 1. The van der Waals surface area contributed by atoms with E-state index in [-0.39, 0.29) is 63.8 Å². The monoisotopic (exact) mass is 654 g/mol. The standard InChI is InChI=1S/C33H26N4O7S2/c38-23(34-17-4-2-1-3-5-17)15-44-20-12-6-16(7-13-20)24-25-21-14-22(28(25)45-30-29(24)46-33(41)35-30)27-26(21)31(39)36(32(27)40)18-8-10-19(11-9-18)37(42)43/h1-13,21-22,24-28H,14-15H2,(H,34,38)(H,35,41)/t21-,22-,24+,25-,26+,27+,28-/m1/s1. The number of ether oxygens (including phenoxy) is 1. The maximum atomic E-state index is 13.9. The molecule has 2 bridgehead atoms. The SMILES string of the molecule is O=C(COc1ccc([C@@H]2c3sc(=O)[nH]c3S[C@@H]3[C@@H]4C[C@@H]([C@@H]5C(=O)N(c6ccc([N+](=O)[O-])cc6)C(=O)[C@@H]45)[C@H]23)cc1)Nc1ccccc1. The van der Waals surface area contributed by atoms with Crippen LogP contribution in [-0.2, 0) is 14.4 Å². The summed E-state index contributed by atoms with van der Waals surface area (Å²) >= 11 is 2.79. The molecule has 8 rings (SSSR count). The van der Waals surface area contributed by atoms with E-state index in [1.807, 2.05) is 42.5 Å². The van der Waals surface area contributed by atoms with Crippen LogP contribution >= 0.6 is 23.1 Å². The van der Waals surface area contributed by atoms with Crippen LogP contribution in [-0.4, -0.2) is 39.5 Å². The number of amides is 3. The third kappa shape index (κ3) is 4.56. The quantitative estimate of drug-likeness (QED) is 0.160. The average molecular weight is 655 g/mol. The van der Waals surface area contributed by atoms with Gasteiger partial charge in [-0.1, -0.05) is 41.7 Å². The van der Waals surface area contributed by atoms with Gasteiger partial charge in [0.1, 0.15) is 5.75 Å². The highest BCUT2D eigenvalue weighted by Crippen LogP contribution is 2.68. The Hall–Kier alpha value is -4.75. The minimum atomic E-state index is -0.515. The smallest absolute Gasteiger partial charge is 0.305 e. The summed E-state index contributed by atoms with van der Waals surface area (Å²) in [5.41, 5.74) is 1.89. The predicted octanol–water partition coefficient (Wildman–Crippen LogP) is 5.04. The first kappa shape index (κ1) is 28.7. The van der Waals surface area contributed by atoms with Gasteiger partial charge in [0.05, 0.1) is 27.5 Å². The maximum absolute atomic E-state index is 13.9. The van der Waals surface area contributed by atoms with Gasteiger partial charge in [-0.3, -0.25) is 34.2 Å². The number of anilines is 2. The second-order valence-electron chi connectivity index (χ2n) is 12.0. The van der Waals surface area contributed by atoms with Crippen LogP contribution < -0.4 is 19.8 Å². The lowest BCUT2D eigenvalue weighted by Crippen LogP contribution is -2.42. The Balaban J connectivity index is 1.06. The van der Waals surface area contributed by atoms with E-state index in [2.05, 4.69) is 10.3 Å². The summed E-state index contributed by atoms with van der Waals surface area (Å²) in [6.07, 6.45) is 0.747.